The van der Waals surface area contributed by atoms with E-state index in [9.17, 15) is 9.50 Å². The number of benzene rings is 2. The molecule has 0 aliphatic carbocycles. The molecular formula is C22H14Cl3FN2O. The number of nitrogens with zero attached hydrogens (tertiary/aromatic N) is 2. The van der Waals surface area contributed by atoms with Crippen LogP contribution in [0.3, 0.4) is 0 Å². The molecule has 3 nitrogen and oxygen atoms in total. The maximum Gasteiger partial charge on any atom is 0.132 e. The van der Waals surface area contributed by atoms with Crippen molar-refractivity contribution in [3.63, 3.8) is 0 Å². The number of rotatable bonds is 4. The van der Waals surface area contributed by atoms with Gasteiger partial charge in [0.25, 0.3) is 0 Å². The van der Waals surface area contributed by atoms with Gasteiger partial charge in [-0.15, -0.1) is 0 Å². The Morgan fingerprint density at radius 3 is 2.34 bits per heavy atom. The van der Waals surface area contributed by atoms with Gasteiger partial charge in [-0.05, 0) is 48.0 Å². The van der Waals surface area contributed by atoms with Crippen LogP contribution in [-0.2, 0) is 0 Å². The second-order valence-electron chi connectivity index (χ2n) is 6.39. The summed E-state index contributed by atoms with van der Waals surface area (Å²) in [5.41, 5.74) is 2.64. The fourth-order valence-corrected chi connectivity index (χ4v) is 3.85. The monoisotopic (exact) mass is 446 g/mol. The lowest BCUT2D eigenvalue weighted by Gasteiger charge is -2.19. The van der Waals surface area contributed by atoms with Gasteiger partial charge in [0.2, 0.25) is 0 Å². The molecule has 0 fully saturated rings. The number of aliphatic hydroxyl groups excluding tert-OH is 1. The summed E-state index contributed by atoms with van der Waals surface area (Å²) < 4.78 is 16.1. The van der Waals surface area contributed by atoms with E-state index in [0.29, 0.717) is 32.0 Å². The van der Waals surface area contributed by atoms with E-state index in [2.05, 4.69) is 4.98 Å². The van der Waals surface area contributed by atoms with Crippen LogP contribution in [0.25, 0.3) is 16.8 Å². The third kappa shape index (κ3) is 3.89. The fraction of sp³-hybridized carbons (Fsp3) is 0.0455. The first-order chi connectivity index (χ1) is 14.0. The van der Waals surface area contributed by atoms with Crippen molar-refractivity contribution in [2.75, 3.05) is 0 Å². The SMILES string of the molecule is OC(c1cnccc1F)c1c(-c2ccc(Cl)cc2)ccn1-c1ccc(Cl)cc1Cl. The fourth-order valence-electron chi connectivity index (χ4n) is 3.22. The standard InChI is InChI=1S/C22H14Cl3FN2O/c23-14-3-1-13(2-4-14)16-8-10-28(20-6-5-15(24)11-18(20)25)21(16)22(29)17-12-27-9-7-19(17)26/h1-12,22,29H. The first-order valence-corrected chi connectivity index (χ1v) is 9.79. The Morgan fingerprint density at radius 2 is 1.66 bits per heavy atom. The van der Waals surface area contributed by atoms with Crippen molar-refractivity contribution in [3.8, 4) is 16.8 Å². The van der Waals surface area contributed by atoms with Crippen LogP contribution in [0.5, 0.6) is 0 Å². The van der Waals surface area contributed by atoms with E-state index in [-0.39, 0.29) is 5.56 Å². The van der Waals surface area contributed by atoms with E-state index in [0.717, 1.165) is 5.56 Å². The summed E-state index contributed by atoms with van der Waals surface area (Å²) in [7, 11) is 0. The molecule has 2 aromatic carbocycles. The molecule has 1 unspecified atom stereocenters. The van der Waals surface area contributed by atoms with Crippen molar-refractivity contribution in [3.05, 3.63) is 105 Å². The molecule has 0 aliphatic heterocycles. The molecule has 0 radical (unpaired) electrons. The Kier molecular flexibility index (Phi) is 5.61. The zero-order valence-corrected chi connectivity index (χ0v) is 17.1. The lowest BCUT2D eigenvalue weighted by Crippen LogP contribution is -2.10. The Morgan fingerprint density at radius 1 is 0.931 bits per heavy atom. The van der Waals surface area contributed by atoms with Gasteiger partial charge in [0.05, 0.1) is 16.4 Å². The van der Waals surface area contributed by atoms with Crippen LogP contribution in [-0.4, -0.2) is 14.7 Å². The molecule has 0 spiro atoms. The minimum atomic E-state index is -1.28. The third-order valence-electron chi connectivity index (χ3n) is 4.60. The predicted octanol–water partition coefficient (Wildman–Crippen LogP) is 6.72. The first kappa shape index (κ1) is 19.9. The van der Waals surface area contributed by atoms with Crippen LogP contribution in [0, 0.1) is 5.82 Å². The molecule has 0 aliphatic rings. The molecule has 1 N–H and O–H groups in total. The molecule has 2 heterocycles. The molecule has 4 rings (SSSR count). The van der Waals surface area contributed by atoms with Crippen LogP contribution in [0.2, 0.25) is 15.1 Å². The summed E-state index contributed by atoms with van der Waals surface area (Å²) in [5.74, 6) is -0.551. The summed E-state index contributed by atoms with van der Waals surface area (Å²) in [6, 6.07) is 15.3. The minimum Gasteiger partial charge on any atom is -0.382 e. The van der Waals surface area contributed by atoms with Gasteiger partial charge >= 0.3 is 0 Å². The molecule has 0 bridgehead atoms. The predicted molar refractivity (Wildman–Crippen MR) is 114 cm³/mol. The molecule has 29 heavy (non-hydrogen) atoms. The van der Waals surface area contributed by atoms with Gasteiger partial charge in [0, 0.05) is 39.8 Å². The van der Waals surface area contributed by atoms with Crippen molar-refractivity contribution < 1.29 is 9.50 Å². The molecule has 1 atom stereocenters. The number of pyridine rings is 1. The average Bonchev–Trinajstić information content (AvgIpc) is 3.13. The number of aliphatic hydroxyl groups is 1. The first-order valence-electron chi connectivity index (χ1n) is 8.66. The maximum absolute atomic E-state index is 14.4. The summed E-state index contributed by atoms with van der Waals surface area (Å²) in [6.45, 7) is 0. The highest BCUT2D eigenvalue weighted by Crippen LogP contribution is 2.37. The molecule has 146 valence electrons. The summed E-state index contributed by atoms with van der Waals surface area (Å²) >= 11 is 18.4. The second-order valence-corrected chi connectivity index (χ2v) is 7.67. The Hall–Kier alpha value is -2.37. The van der Waals surface area contributed by atoms with Gasteiger partial charge in [-0.2, -0.15) is 0 Å². The van der Waals surface area contributed by atoms with Crippen molar-refractivity contribution in [2.45, 2.75) is 6.10 Å². The van der Waals surface area contributed by atoms with Gasteiger partial charge in [0.15, 0.2) is 0 Å². The van der Waals surface area contributed by atoms with Crippen LogP contribution in [0.15, 0.2) is 73.2 Å². The zero-order chi connectivity index (χ0) is 20.5. The quantitative estimate of drug-likeness (QED) is 0.377. The van der Waals surface area contributed by atoms with Crippen LogP contribution < -0.4 is 0 Å². The van der Waals surface area contributed by atoms with Crippen molar-refractivity contribution in [1.29, 1.82) is 0 Å². The number of aromatic nitrogens is 2. The normalized spacial score (nSPS) is 12.2. The lowest BCUT2D eigenvalue weighted by atomic mass is 9.99. The van der Waals surface area contributed by atoms with Gasteiger partial charge in [0.1, 0.15) is 11.9 Å². The van der Waals surface area contributed by atoms with Crippen LogP contribution >= 0.6 is 34.8 Å². The molecule has 7 heteroatoms. The van der Waals surface area contributed by atoms with Crippen molar-refractivity contribution in [2.24, 2.45) is 0 Å². The van der Waals surface area contributed by atoms with E-state index in [1.807, 2.05) is 18.2 Å². The number of hydrogen-bond donors (Lipinski definition) is 1. The van der Waals surface area contributed by atoms with Crippen molar-refractivity contribution >= 4 is 34.8 Å². The van der Waals surface area contributed by atoms with E-state index >= 15 is 0 Å². The summed E-state index contributed by atoms with van der Waals surface area (Å²) in [4.78, 5) is 3.95. The summed E-state index contributed by atoms with van der Waals surface area (Å²) in [5, 5.41) is 12.6. The van der Waals surface area contributed by atoms with Gasteiger partial charge in [-0.1, -0.05) is 46.9 Å². The van der Waals surface area contributed by atoms with Gasteiger partial charge in [-0.25, -0.2) is 4.39 Å². The molecule has 2 aromatic heterocycles. The van der Waals surface area contributed by atoms with E-state index in [4.69, 9.17) is 34.8 Å². The second kappa shape index (κ2) is 8.17. The number of halogens is 4. The Labute approximate surface area is 181 Å². The number of hydrogen-bond acceptors (Lipinski definition) is 2. The topological polar surface area (TPSA) is 38.1 Å². The molecule has 0 saturated carbocycles. The van der Waals surface area contributed by atoms with Gasteiger partial charge in [-0.3, -0.25) is 4.98 Å². The van der Waals surface area contributed by atoms with Crippen LogP contribution in [0.1, 0.15) is 17.4 Å². The van der Waals surface area contributed by atoms with Gasteiger partial charge < -0.3 is 9.67 Å². The van der Waals surface area contributed by atoms with Crippen molar-refractivity contribution in [1.82, 2.24) is 9.55 Å². The van der Waals surface area contributed by atoms with E-state index < -0.39 is 11.9 Å². The molecule has 4 aromatic rings. The molecule has 0 saturated heterocycles. The Balaban J connectivity index is 1.95. The minimum absolute atomic E-state index is 0.0627. The lowest BCUT2D eigenvalue weighted by molar-refractivity contribution is 0.208. The summed E-state index contributed by atoms with van der Waals surface area (Å²) in [6.07, 6.45) is 3.13. The largest absolute Gasteiger partial charge is 0.382 e. The Bertz CT molecular complexity index is 1180. The smallest absolute Gasteiger partial charge is 0.132 e. The van der Waals surface area contributed by atoms with E-state index in [1.165, 1.54) is 18.5 Å². The van der Waals surface area contributed by atoms with E-state index in [1.54, 1.807) is 41.1 Å². The van der Waals surface area contributed by atoms with Crippen LogP contribution in [0.4, 0.5) is 4.39 Å². The zero-order valence-electron chi connectivity index (χ0n) is 14.9. The maximum atomic E-state index is 14.4. The highest BCUT2D eigenvalue weighted by atomic mass is 35.5. The highest BCUT2D eigenvalue weighted by molar-refractivity contribution is 6.35. The highest BCUT2D eigenvalue weighted by Gasteiger charge is 2.24. The molecule has 0 amide bonds. The average molecular weight is 448 g/mol. The third-order valence-corrected chi connectivity index (χ3v) is 5.39. The molecular weight excluding hydrogens is 434 g/mol.